The fourth-order valence-corrected chi connectivity index (χ4v) is 2.02. The second-order valence-electron chi connectivity index (χ2n) is 4.83. The maximum atomic E-state index is 10.0. The summed E-state index contributed by atoms with van der Waals surface area (Å²) in [5.41, 5.74) is 0.769. The summed E-state index contributed by atoms with van der Waals surface area (Å²) in [7, 11) is 0. The number of hydrogen-bond acceptors (Lipinski definition) is 6. The molecular formula is C15H14ClN5O2. The van der Waals surface area contributed by atoms with Gasteiger partial charge in [0.2, 0.25) is 5.82 Å². The van der Waals surface area contributed by atoms with Crippen LogP contribution in [0.5, 0.6) is 5.75 Å². The molecule has 118 valence electrons. The number of benzene rings is 1. The third-order valence-corrected chi connectivity index (χ3v) is 3.25. The molecule has 0 amide bonds. The van der Waals surface area contributed by atoms with Gasteiger partial charge in [-0.1, -0.05) is 11.6 Å². The smallest absolute Gasteiger partial charge is 0.206 e. The van der Waals surface area contributed by atoms with Crippen molar-refractivity contribution >= 4 is 11.6 Å². The van der Waals surface area contributed by atoms with Crippen LogP contribution in [0.4, 0.5) is 0 Å². The van der Waals surface area contributed by atoms with Gasteiger partial charge in [-0.3, -0.25) is 4.98 Å². The van der Waals surface area contributed by atoms with Crippen LogP contribution in [0.15, 0.2) is 48.8 Å². The van der Waals surface area contributed by atoms with Gasteiger partial charge < -0.3 is 9.84 Å². The van der Waals surface area contributed by atoms with Crippen molar-refractivity contribution in [1.29, 1.82) is 0 Å². The minimum absolute atomic E-state index is 0.116. The summed E-state index contributed by atoms with van der Waals surface area (Å²) >= 11 is 5.80. The second kappa shape index (κ2) is 7.17. The third kappa shape index (κ3) is 4.24. The molecule has 1 aromatic carbocycles. The van der Waals surface area contributed by atoms with Gasteiger partial charge in [0.05, 0.1) is 6.54 Å². The molecule has 3 aromatic rings. The van der Waals surface area contributed by atoms with E-state index in [-0.39, 0.29) is 13.2 Å². The van der Waals surface area contributed by atoms with E-state index < -0.39 is 6.10 Å². The van der Waals surface area contributed by atoms with E-state index >= 15 is 0 Å². The van der Waals surface area contributed by atoms with Crippen LogP contribution in [0.1, 0.15) is 0 Å². The molecule has 8 heteroatoms. The Labute approximate surface area is 137 Å². The largest absolute Gasteiger partial charge is 0.491 e. The number of aliphatic hydroxyl groups excluding tert-OH is 1. The summed E-state index contributed by atoms with van der Waals surface area (Å²) in [5, 5.41) is 22.7. The molecule has 0 bridgehead atoms. The molecule has 0 fully saturated rings. The third-order valence-electron chi connectivity index (χ3n) is 3.00. The zero-order valence-corrected chi connectivity index (χ0v) is 12.8. The van der Waals surface area contributed by atoms with E-state index in [2.05, 4.69) is 20.4 Å². The Bertz CT molecular complexity index is 748. The summed E-state index contributed by atoms with van der Waals surface area (Å²) in [6.45, 7) is 0.298. The van der Waals surface area contributed by atoms with Crippen LogP contribution in [0.2, 0.25) is 5.02 Å². The molecule has 0 radical (unpaired) electrons. The maximum Gasteiger partial charge on any atom is 0.206 e. The molecule has 2 heterocycles. The first-order valence-corrected chi connectivity index (χ1v) is 7.33. The fraction of sp³-hybridized carbons (Fsp3) is 0.200. The molecular weight excluding hydrogens is 318 g/mol. The highest BCUT2D eigenvalue weighted by atomic mass is 35.5. The Kier molecular flexibility index (Phi) is 4.80. The lowest BCUT2D eigenvalue weighted by Gasteiger charge is -2.11. The minimum Gasteiger partial charge on any atom is -0.491 e. The Hall–Kier alpha value is -2.51. The molecule has 0 spiro atoms. The standard InChI is InChI=1S/C15H14ClN5O2/c16-12-3-5-14(6-4-12)23-10-13(22)9-21-19-15(18-20-21)11-2-1-7-17-8-11/h1-8,13,22H,9-10H2/t13-/m1/s1. The van der Waals surface area contributed by atoms with Gasteiger partial charge in [-0.05, 0) is 41.6 Å². The average molecular weight is 332 g/mol. The van der Waals surface area contributed by atoms with Crippen molar-refractivity contribution in [2.24, 2.45) is 0 Å². The molecule has 0 aliphatic rings. The van der Waals surface area contributed by atoms with E-state index in [1.165, 1.54) is 4.80 Å². The van der Waals surface area contributed by atoms with E-state index in [0.717, 1.165) is 5.56 Å². The number of hydrogen-bond donors (Lipinski definition) is 1. The number of pyridine rings is 1. The van der Waals surface area contributed by atoms with Gasteiger partial charge >= 0.3 is 0 Å². The summed E-state index contributed by atoms with van der Waals surface area (Å²) in [6, 6.07) is 10.6. The lowest BCUT2D eigenvalue weighted by Crippen LogP contribution is -2.24. The zero-order valence-electron chi connectivity index (χ0n) is 12.1. The predicted octanol–water partition coefficient (Wildman–Crippen LogP) is 1.83. The van der Waals surface area contributed by atoms with Crippen molar-refractivity contribution in [3.05, 3.63) is 53.8 Å². The fourth-order valence-electron chi connectivity index (χ4n) is 1.90. The molecule has 0 aliphatic carbocycles. The van der Waals surface area contributed by atoms with Crippen LogP contribution in [0, 0.1) is 0 Å². The number of tetrazole rings is 1. The summed E-state index contributed by atoms with van der Waals surface area (Å²) in [5.74, 6) is 1.10. The minimum atomic E-state index is -0.762. The van der Waals surface area contributed by atoms with Gasteiger partial charge in [0.15, 0.2) is 0 Å². The van der Waals surface area contributed by atoms with Gasteiger partial charge in [-0.15, -0.1) is 10.2 Å². The zero-order chi connectivity index (χ0) is 16.1. The van der Waals surface area contributed by atoms with Crippen LogP contribution in [-0.2, 0) is 6.54 Å². The monoisotopic (exact) mass is 331 g/mol. The number of aliphatic hydroxyl groups is 1. The number of halogens is 1. The van der Waals surface area contributed by atoms with Crippen molar-refractivity contribution in [2.45, 2.75) is 12.6 Å². The van der Waals surface area contributed by atoms with Crippen LogP contribution in [-0.4, -0.2) is 43.0 Å². The molecule has 0 unspecified atom stereocenters. The van der Waals surface area contributed by atoms with Crippen LogP contribution in [0.3, 0.4) is 0 Å². The lowest BCUT2D eigenvalue weighted by atomic mass is 10.3. The molecule has 1 atom stereocenters. The lowest BCUT2D eigenvalue weighted by molar-refractivity contribution is 0.0850. The molecule has 0 saturated heterocycles. The Balaban J connectivity index is 1.55. The molecule has 2 aromatic heterocycles. The van der Waals surface area contributed by atoms with Gasteiger partial charge in [0.25, 0.3) is 0 Å². The maximum absolute atomic E-state index is 10.0. The number of aromatic nitrogens is 5. The van der Waals surface area contributed by atoms with Gasteiger partial charge in [0.1, 0.15) is 18.5 Å². The number of ether oxygens (including phenoxy) is 1. The first-order chi connectivity index (χ1) is 11.2. The van der Waals surface area contributed by atoms with E-state index in [1.807, 2.05) is 6.07 Å². The van der Waals surface area contributed by atoms with Crippen molar-refractivity contribution in [2.75, 3.05) is 6.61 Å². The van der Waals surface area contributed by atoms with Crippen LogP contribution >= 0.6 is 11.6 Å². The Morgan fingerprint density at radius 1 is 1.22 bits per heavy atom. The first kappa shape index (κ1) is 15.4. The van der Waals surface area contributed by atoms with Crippen LogP contribution < -0.4 is 4.74 Å². The highest BCUT2D eigenvalue weighted by Crippen LogP contribution is 2.15. The van der Waals surface area contributed by atoms with E-state index in [4.69, 9.17) is 16.3 Å². The second-order valence-corrected chi connectivity index (χ2v) is 5.26. The number of rotatable bonds is 6. The average Bonchev–Trinajstić information content (AvgIpc) is 3.04. The van der Waals surface area contributed by atoms with E-state index in [1.54, 1.807) is 42.7 Å². The Morgan fingerprint density at radius 2 is 2.04 bits per heavy atom. The molecule has 23 heavy (non-hydrogen) atoms. The summed E-state index contributed by atoms with van der Waals surface area (Å²) in [6.07, 6.45) is 2.56. The SMILES string of the molecule is O[C@@H](COc1ccc(Cl)cc1)Cn1nnc(-c2cccnc2)n1. The topological polar surface area (TPSA) is 86.0 Å². The van der Waals surface area contributed by atoms with Crippen LogP contribution in [0.25, 0.3) is 11.4 Å². The highest BCUT2D eigenvalue weighted by molar-refractivity contribution is 6.30. The predicted molar refractivity (Wildman–Crippen MR) is 84.0 cm³/mol. The summed E-state index contributed by atoms with van der Waals surface area (Å²) < 4.78 is 5.48. The number of nitrogens with zero attached hydrogens (tertiary/aromatic N) is 5. The summed E-state index contributed by atoms with van der Waals surface area (Å²) in [4.78, 5) is 5.34. The van der Waals surface area contributed by atoms with Crippen molar-refractivity contribution in [1.82, 2.24) is 25.2 Å². The van der Waals surface area contributed by atoms with Gasteiger partial charge in [-0.25, -0.2) is 0 Å². The normalized spacial score (nSPS) is 12.1. The van der Waals surface area contributed by atoms with Gasteiger partial charge in [0, 0.05) is 23.0 Å². The highest BCUT2D eigenvalue weighted by Gasteiger charge is 2.11. The quantitative estimate of drug-likeness (QED) is 0.741. The van der Waals surface area contributed by atoms with E-state index in [0.29, 0.717) is 16.6 Å². The Morgan fingerprint density at radius 3 is 2.78 bits per heavy atom. The molecule has 0 aliphatic heterocycles. The molecule has 1 N–H and O–H groups in total. The molecule has 7 nitrogen and oxygen atoms in total. The van der Waals surface area contributed by atoms with Gasteiger partial charge in [-0.2, -0.15) is 4.80 Å². The molecule has 0 saturated carbocycles. The molecule has 3 rings (SSSR count). The van der Waals surface area contributed by atoms with Crippen molar-refractivity contribution in [3.63, 3.8) is 0 Å². The first-order valence-electron chi connectivity index (χ1n) is 6.95. The van der Waals surface area contributed by atoms with Crippen molar-refractivity contribution in [3.8, 4) is 17.1 Å². The van der Waals surface area contributed by atoms with E-state index in [9.17, 15) is 5.11 Å². The van der Waals surface area contributed by atoms with Crippen molar-refractivity contribution < 1.29 is 9.84 Å².